The van der Waals surface area contributed by atoms with Crippen molar-refractivity contribution < 1.29 is 27.5 Å². The van der Waals surface area contributed by atoms with E-state index in [1.165, 1.54) is 18.1 Å². The van der Waals surface area contributed by atoms with Gasteiger partial charge in [-0.3, -0.25) is 13.9 Å². The van der Waals surface area contributed by atoms with Crippen molar-refractivity contribution in [1.29, 1.82) is 0 Å². The van der Waals surface area contributed by atoms with Gasteiger partial charge in [0, 0.05) is 6.54 Å². The largest absolute Gasteiger partial charge is 0.495 e. The highest BCUT2D eigenvalue weighted by Crippen LogP contribution is 2.35. The number of hydrogen-bond acceptors (Lipinski definition) is 6. The van der Waals surface area contributed by atoms with Crippen LogP contribution in [0.5, 0.6) is 11.5 Å². The molecule has 2 amide bonds. The normalized spacial score (nSPS) is 14.3. The Bertz CT molecular complexity index is 1700. The van der Waals surface area contributed by atoms with E-state index in [-0.39, 0.29) is 23.1 Å². The number of amides is 2. The lowest BCUT2D eigenvalue weighted by molar-refractivity contribution is -0.128. The van der Waals surface area contributed by atoms with Gasteiger partial charge in [0.05, 0.1) is 25.0 Å². The van der Waals surface area contributed by atoms with Gasteiger partial charge in [-0.05, 0) is 60.9 Å². The second kappa shape index (κ2) is 13.0. The minimum absolute atomic E-state index is 0.0512. The lowest BCUT2D eigenvalue weighted by atomic mass is 10.1. The number of hydrogen-bond donors (Lipinski definition) is 1. The van der Waals surface area contributed by atoms with Gasteiger partial charge in [-0.1, -0.05) is 66.7 Å². The van der Waals surface area contributed by atoms with Crippen molar-refractivity contribution in [3.8, 4) is 11.5 Å². The number of benzene rings is 4. The van der Waals surface area contributed by atoms with Crippen LogP contribution in [0.25, 0.3) is 0 Å². The number of aryl methyl sites for hydroxylation is 1. The molecule has 0 bridgehead atoms. The maximum atomic E-state index is 14.1. The average Bonchev–Trinajstić information content (AvgIpc) is 3.03. The predicted molar refractivity (Wildman–Crippen MR) is 165 cm³/mol. The van der Waals surface area contributed by atoms with Crippen LogP contribution in [0.4, 0.5) is 11.4 Å². The molecule has 0 unspecified atom stereocenters. The van der Waals surface area contributed by atoms with Crippen LogP contribution in [0, 0.1) is 6.92 Å². The first kappa shape index (κ1) is 29.7. The molecule has 1 heterocycles. The first-order valence-corrected chi connectivity index (χ1v) is 15.3. The minimum atomic E-state index is -4.25. The first-order valence-electron chi connectivity index (χ1n) is 13.9. The van der Waals surface area contributed by atoms with Gasteiger partial charge < -0.3 is 19.7 Å². The van der Waals surface area contributed by atoms with E-state index in [1.807, 2.05) is 30.3 Å². The van der Waals surface area contributed by atoms with Gasteiger partial charge >= 0.3 is 0 Å². The number of carbonyl (C=O) groups is 2. The summed E-state index contributed by atoms with van der Waals surface area (Å²) in [7, 11) is -2.85. The van der Waals surface area contributed by atoms with E-state index in [9.17, 15) is 18.0 Å². The van der Waals surface area contributed by atoms with Gasteiger partial charge in [-0.25, -0.2) is 8.42 Å². The fourth-order valence-electron chi connectivity index (χ4n) is 4.92. The summed E-state index contributed by atoms with van der Waals surface area (Å²) in [5.74, 6) is -0.347. The molecule has 43 heavy (non-hydrogen) atoms. The Labute approximate surface area is 251 Å². The quantitative estimate of drug-likeness (QED) is 0.291. The average molecular weight is 600 g/mol. The molecule has 0 aliphatic carbocycles. The van der Waals surface area contributed by atoms with Gasteiger partial charge in [-0.15, -0.1) is 0 Å². The molecule has 0 spiro atoms. The Morgan fingerprint density at radius 2 is 1.63 bits per heavy atom. The summed E-state index contributed by atoms with van der Waals surface area (Å²) in [6.45, 7) is 1.59. The van der Waals surface area contributed by atoms with Gasteiger partial charge in [0.2, 0.25) is 5.91 Å². The standard InChI is InChI=1S/C33H33N3O6S/c1-24-17-18-29(41-2)31(21-24)43(39,40)36(26-13-7-4-8-14-26)23-32(37)35-22-30(42-28-16-10-9-15-27(28)35)33(38)34-20-19-25-11-5-3-6-12-25/h3-18,21,30H,19-20,22-23H2,1-2H3,(H,34,38)/t30-/m0/s1. The second-order valence-electron chi connectivity index (χ2n) is 10.1. The minimum Gasteiger partial charge on any atom is -0.495 e. The molecule has 1 N–H and O–H groups in total. The van der Waals surface area contributed by atoms with Crippen LogP contribution in [0.1, 0.15) is 11.1 Å². The van der Waals surface area contributed by atoms with E-state index in [0.717, 1.165) is 15.4 Å². The maximum Gasteiger partial charge on any atom is 0.268 e. The van der Waals surface area contributed by atoms with E-state index in [0.29, 0.717) is 30.1 Å². The Hall–Kier alpha value is -4.83. The number of para-hydroxylation sites is 3. The van der Waals surface area contributed by atoms with Gasteiger partial charge in [0.1, 0.15) is 22.9 Å². The zero-order chi connectivity index (χ0) is 30.4. The lowest BCUT2D eigenvalue weighted by Gasteiger charge is -2.35. The number of ether oxygens (including phenoxy) is 2. The molecule has 1 aliphatic rings. The summed E-state index contributed by atoms with van der Waals surface area (Å²) in [5.41, 5.74) is 2.58. The Morgan fingerprint density at radius 1 is 0.953 bits per heavy atom. The zero-order valence-electron chi connectivity index (χ0n) is 24.0. The third kappa shape index (κ3) is 6.65. The Balaban J connectivity index is 1.41. The molecule has 222 valence electrons. The van der Waals surface area contributed by atoms with Crippen LogP contribution in [0.2, 0.25) is 0 Å². The predicted octanol–water partition coefficient (Wildman–Crippen LogP) is 4.35. The summed E-state index contributed by atoms with van der Waals surface area (Å²) >= 11 is 0. The molecule has 0 radical (unpaired) electrons. The molecule has 0 fully saturated rings. The van der Waals surface area contributed by atoms with Crippen LogP contribution >= 0.6 is 0 Å². The number of anilines is 2. The van der Waals surface area contributed by atoms with Crippen LogP contribution in [0.3, 0.4) is 0 Å². The van der Waals surface area contributed by atoms with Crippen LogP contribution < -0.4 is 24.0 Å². The number of nitrogens with zero attached hydrogens (tertiary/aromatic N) is 2. The third-order valence-corrected chi connectivity index (χ3v) is 8.93. The molecular weight excluding hydrogens is 566 g/mol. The van der Waals surface area contributed by atoms with Crippen molar-refractivity contribution in [2.24, 2.45) is 0 Å². The first-order chi connectivity index (χ1) is 20.8. The van der Waals surface area contributed by atoms with Crippen LogP contribution in [0.15, 0.2) is 108 Å². The van der Waals surface area contributed by atoms with Crippen molar-refractivity contribution in [2.45, 2.75) is 24.3 Å². The highest BCUT2D eigenvalue weighted by atomic mass is 32.2. The number of nitrogens with one attached hydrogen (secondary N) is 1. The van der Waals surface area contributed by atoms with Gasteiger partial charge in [0.25, 0.3) is 15.9 Å². The topological polar surface area (TPSA) is 105 Å². The summed E-state index contributed by atoms with van der Waals surface area (Å²) < 4.78 is 40.7. The SMILES string of the molecule is COc1ccc(C)cc1S(=O)(=O)N(CC(=O)N1C[C@@H](C(=O)NCCc2ccccc2)Oc2ccccc21)c1ccccc1. The summed E-state index contributed by atoms with van der Waals surface area (Å²) in [5, 5.41) is 2.90. The molecule has 1 aliphatic heterocycles. The molecule has 1 atom stereocenters. The molecular formula is C33H33N3O6S. The number of carbonyl (C=O) groups excluding carboxylic acids is 2. The van der Waals surface area contributed by atoms with E-state index in [4.69, 9.17) is 9.47 Å². The molecule has 0 saturated carbocycles. The van der Waals surface area contributed by atoms with E-state index in [1.54, 1.807) is 73.7 Å². The third-order valence-electron chi connectivity index (χ3n) is 7.13. The maximum absolute atomic E-state index is 14.1. The molecule has 4 aromatic rings. The molecule has 9 nitrogen and oxygen atoms in total. The van der Waals surface area contributed by atoms with Gasteiger partial charge in [-0.2, -0.15) is 0 Å². The molecule has 0 aromatic heterocycles. The fourth-order valence-corrected chi connectivity index (χ4v) is 6.57. The van der Waals surface area contributed by atoms with Crippen molar-refractivity contribution >= 4 is 33.2 Å². The van der Waals surface area contributed by atoms with Crippen molar-refractivity contribution in [3.63, 3.8) is 0 Å². The summed E-state index contributed by atoms with van der Waals surface area (Å²) in [4.78, 5) is 28.5. The van der Waals surface area contributed by atoms with Crippen molar-refractivity contribution in [1.82, 2.24) is 5.32 Å². The number of sulfonamides is 1. The summed E-state index contributed by atoms with van der Waals surface area (Å²) in [6, 6.07) is 30.0. The fraction of sp³-hybridized carbons (Fsp3) is 0.212. The zero-order valence-corrected chi connectivity index (χ0v) is 24.8. The molecule has 0 saturated heterocycles. The number of rotatable bonds is 10. The lowest BCUT2D eigenvalue weighted by Crippen LogP contribution is -2.53. The van der Waals surface area contributed by atoms with Gasteiger partial charge in [0.15, 0.2) is 6.10 Å². The van der Waals surface area contributed by atoms with E-state index < -0.39 is 28.6 Å². The summed E-state index contributed by atoms with van der Waals surface area (Å²) in [6.07, 6.45) is -0.335. The molecule has 4 aromatic carbocycles. The Morgan fingerprint density at radius 3 is 2.35 bits per heavy atom. The Kier molecular flexibility index (Phi) is 8.96. The van der Waals surface area contributed by atoms with E-state index >= 15 is 0 Å². The van der Waals surface area contributed by atoms with Crippen molar-refractivity contribution in [3.05, 3.63) is 114 Å². The highest BCUT2D eigenvalue weighted by molar-refractivity contribution is 7.93. The van der Waals surface area contributed by atoms with Crippen molar-refractivity contribution in [2.75, 3.05) is 35.9 Å². The smallest absolute Gasteiger partial charge is 0.268 e. The second-order valence-corrected chi connectivity index (χ2v) is 11.9. The highest BCUT2D eigenvalue weighted by Gasteiger charge is 2.37. The van der Waals surface area contributed by atoms with Crippen LogP contribution in [-0.2, 0) is 26.0 Å². The number of methoxy groups -OCH3 is 1. The van der Waals surface area contributed by atoms with E-state index in [2.05, 4.69) is 5.32 Å². The van der Waals surface area contributed by atoms with Crippen LogP contribution in [-0.4, -0.2) is 53.1 Å². The number of fused-ring (bicyclic) bond motifs is 1. The molecule has 10 heteroatoms. The molecule has 5 rings (SSSR count). The monoisotopic (exact) mass is 599 g/mol.